The van der Waals surface area contributed by atoms with Gasteiger partial charge in [-0.1, -0.05) is 29.8 Å². The Hall–Kier alpha value is -2.13. The summed E-state index contributed by atoms with van der Waals surface area (Å²) in [6.45, 7) is 0.428. The average molecular weight is 273 g/mol. The van der Waals surface area contributed by atoms with Gasteiger partial charge in [-0.15, -0.1) is 0 Å². The van der Waals surface area contributed by atoms with Crippen LogP contribution in [0.1, 0.15) is 5.69 Å². The van der Waals surface area contributed by atoms with Gasteiger partial charge < -0.3 is 15.5 Å². The molecule has 3 aromatic rings. The fraction of sp³-hybridized carbons (Fsp3) is 0.0667. The molecule has 96 valence electrons. The molecular weight excluding hydrogens is 260 g/mol. The lowest BCUT2D eigenvalue weighted by Crippen LogP contribution is -1.95. The predicted octanol–water partition coefficient (Wildman–Crippen LogP) is 3.98. The Morgan fingerprint density at radius 1 is 1.11 bits per heavy atom. The molecule has 19 heavy (non-hydrogen) atoms. The van der Waals surface area contributed by atoms with Crippen LogP contribution in [0.4, 0.5) is 5.69 Å². The number of halogens is 1. The smallest absolute Gasteiger partial charge is 0.138 e. The number of nitrogens with two attached hydrogens (primary N) is 1. The molecule has 3 N–H and O–H groups in total. The van der Waals surface area contributed by atoms with Crippen molar-refractivity contribution in [2.45, 2.75) is 6.61 Å². The Morgan fingerprint density at radius 3 is 2.74 bits per heavy atom. The second-order valence-corrected chi connectivity index (χ2v) is 4.73. The van der Waals surface area contributed by atoms with Gasteiger partial charge in [0.1, 0.15) is 12.4 Å². The molecule has 0 aliphatic heterocycles. The van der Waals surface area contributed by atoms with Gasteiger partial charge in [0, 0.05) is 16.6 Å². The summed E-state index contributed by atoms with van der Waals surface area (Å²) in [6, 6.07) is 15.2. The highest BCUT2D eigenvalue weighted by atomic mass is 35.5. The molecular formula is C15H13ClN2O. The summed E-state index contributed by atoms with van der Waals surface area (Å²) in [7, 11) is 0. The van der Waals surface area contributed by atoms with Crippen LogP contribution < -0.4 is 10.5 Å². The second kappa shape index (κ2) is 4.86. The number of benzene rings is 2. The molecule has 0 bridgehead atoms. The quantitative estimate of drug-likeness (QED) is 0.709. The fourth-order valence-corrected chi connectivity index (χ4v) is 2.22. The van der Waals surface area contributed by atoms with Gasteiger partial charge in [-0.05, 0) is 30.3 Å². The lowest BCUT2D eigenvalue weighted by Gasteiger charge is -2.05. The molecule has 0 atom stereocenters. The number of H-pyrrole nitrogens is 1. The van der Waals surface area contributed by atoms with Crippen molar-refractivity contribution in [3.63, 3.8) is 0 Å². The molecule has 1 aromatic heterocycles. The highest BCUT2D eigenvalue weighted by Gasteiger charge is 2.05. The Balaban J connectivity index is 1.83. The zero-order valence-corrected chi connectivity index (χ0v) is 10.9. The molecule has 0 unspecified atom stereocenters. The molecule has 0 amide bonds. The lowest BCUT2D eigenvalue weighted by atomic mass is 10.2. The molecule has 0 aliphatic rings. The average Bonchev–Trinajstić information content (AvgIpc) is 2.82. The minimum Gasteiger partial charge on any atom is -0.486 e. The van der Waals surface area contributed by atoms with E-state index in [1.54, 1.807) is 6.07 Å². The van der Waals surface area contributed by atoms with Crippen molar-refractivity contribution in [3.05, 3.63) is 59.2 Å². The maximum absolute atomic E-state index is 6.04. The van der Waals surface area contributed by atoms with Gasteiger partial charge in [0.05, 0.1) is 10.7 Å². The largest absolute Gasteiger partial charge is 0.486 e. The van der Waals surface area contributed by atoms with E-state index in [9.17, 15) is 0 Å². The molecule has 2 aromatic carbocycles. The Morgan fingerprint density at radius 2 is 1.95 bits per heavy atom. The van der Waals surface area contributed by atoms with Crippen molar-refractivity contribution in [2.24, 2.45) is 0 Å². The van der Waals surface area contributed by atoms with Crippen LogP contribution in [0.15, 0.2) is 48.5 Å². The highest BCUT2D eigenvalue weighted by molar-refractivity contribution is 6.32. The number of ether oxygens (including phenoxy) is 1. The van der Waals surface area contributed by atoms with Gasteiger partial charge in [-0.25, -0.2) is 0 Å². The maximum Gasteiger partial charge on any atom is 0.138 e. The number of aromatic nitrogens is 1. The van der Waals surface area contributed by atoms with E-state index in [-0.39, 0.29) is 0 Å². The van der Waals surface area contributed by atoms with Crippen LogP contribution >= 0.6 is 11.6 Å². The number of fused-ring (bicyclic) bond motifs is 1. The minimum absolute atomic E-state index is 0.428. The first-order valence-electron chi connectivity index (χ1n) is 5.97. The van der Waals surface area contributed by atoms with E-state index < -0.39 is 0 Å². The standard InChI is InChI=1S/C15H13ClN2O/c16-12-4-1-2-7-15(12)19-9-10-8-11-13(17)5-3-6-14(11)18-10/h1-8,18H,9,17H2. The number of hydrogen-bond donors (Lipinski definition) is 2. The zero-order valence-electron chi connectivity index (χ0n) is 10.2. The second-order valence-electron chi connectivity index (χ2n) is 4.32. The van der Waals surface area contributed by atoms with Gasteiger partial charge in [-0.2, -0.15) is 0 Å². The maximum atomic E-state index is 6.04. The van der Waals surface area contributed by atoms with E-state index in [1.165, 1.54) is 0 Å². The van der Waals surface area contributed by atoms with E-state index >= 15 is 0 Å². The molecule has 3 rings (SSSR count). The highest BCUT2D eigenvalue weighted by Crippen LogP contribution is 2.26. The van der Waals surface area contributed by atoms with Crippen molar-refractivity contribution < 1.29 is 4.74 Å². The van der Waals surface area contributed by atoms with E-state index in [4.69, 9.17) is 22.1 Å². The number of hydrogen-bond acceptors (Lipinski definition) is 2. The number of anilines is 1. The third-order valence-electron chi connectivity index (χ3n) is 2.97. The molecule has 0 radical (unpaired) electrons. The van der Waals surface area contributed by atoms with Gasteiger partial charge in [0.25, 0.3) is 0 Å². The van der Waals surface area contributed by atoms with Crippen molar-refractivity contribution in [3.8, 4) is 5.75 Å². The first kappa shape index (κ1) is 11.9. The summed E-state index contributed by atoms with van der Waals surface area (Å²) in [6.07, 6.45) is 0. The Bertz CT molecular complexity index is 721. The van der Waals surface area contributed by atoms with E-state index in [0.717, 1.165) is 22.3 Å². The molecule has 0 fully saturated rings. The summed E-state index contributed by atoms with van der Waals surface area (Å²) in [5.41, 5.74) is 8.66. The molecule has 0 saturated carbocycles. The van der Waals surface area contributed by atoms with Crippen molar-refractivity contribution in [1.29, 1.82) is 0 Å². The third-order valence-corrected chi connectivity index (χ3v) is 3.29. The van der Waals surface area contributed by atoms with Crippen LogP contribution in [0.25, 0.3) is 10.9 Å². The van der Waals surface area contributed by atoms with Crippen LogP contribution in [0.3, 0.4) is 0 Å². The van der Waals surface area contributed by atoms with Crippen molar-refractivity contribution in [1.82, 2.24) is 4.98 Å². The van der Waals surface area contributed by atoms with E-state index in [1.807, 2.05) is 42.5 Å². The van der Waals surface area contributed by atoms with Gasteiger partial charge in [-0.3, -0.25) is 0 Å². The van der Waals surface area contributed by atoms with Crippen molar-refractivity contribution >= 4 is 28.2 Å². The number of rotatable bonds is 3. The molecule has 0 saturated heterocycles. The summed E-state index contributed by atoms with van der Waals surface area (Å²) in [5, 5.41) is 1.62. The lowest BCUT2D eigenvalue weighted by molar-refractivity contribution is 0.302. The van der Waals surface area contributed by atoms with Crippen LogP contribution in [-0.2, 0) is 6.61 Å². The molecule has 4 heteroatoms. The first-order valence-corrected chi connectivity index (χ1v) is 6.35. The number of para-hydroxylation sites is 1. The number of nitrogen functional groups attached to an aromatic ring is 1. The number of nitrogens with one attached hydrogen (secondary N) is 1. The third kappa shape index (κ3) is 2.37. The molecule has 0 spiro atoms. The number of aromatic amines is 1. The van der Waals surface area contributed by atoms with E-state index in [0.29, 0.717) is 17.4 Å². The summed E-state index contributed by atoms with van der Waals surface area (Å²) >= 11 is 6.04. The van der Waals surface area contributed by atoms with Crippen LogP contribution in [0.5, 0.6) is 5.75 Å². The molecule has 3 nitrogen and oxygen atoms in total. The minimum atomic E-state index is 0.428. The first-order chi connectivity index (χ1) is 9.24. The predicted molar refractivity (Wildman–Crippen MR) is 78.5 cm³/mol. The Labute approximate surface area is 116 Å². The van der Waals surface area contributed by atoms with Crippen molar-refractivity contribution in [2.75, 3.05) is 5.73 Å². The monoisotopic (exact) mass is 272 g/mol. The normalized spacial score (nSPS) is 10.8. The fourth-order valence-electron chi connectivity index (χ4n) is 2.03. The molecule has 0 aliphatic carbocycles. The summed E-state index contributed by atoms with van der Waals surface area (Å²) in [4.78, 5) is 3.28. The summed E-state index contributed by atoms with van der Waals surface area (Å²) < 4.78 is 5.69. The van der Waals surface area contributed by atoms with Gasteiger partial charge >= 0.3 is 0 Å². The topological polar surface area (TPSA) is 51.0 Å². The van der Waals surface area contributed by atoms with Crippen LogP contribution in [-0.4, -0.2) is 4.98 Å². The zero-order chi connectivity index (χ0) is 13.2. The van der Waals surface area contributed by atoms with Crippen LogP contribution in [0.2, 0.25) is 5.02 Å². The van der Waals surface area contributed by atoms with Gasteiger partial charge in [0.15, 0.2) is 0 Å². The summed E-state index contributed by atoms with van der Waals surface area (Å²) in [5.74, 6) is 0.677. The van der Waals surface area contributed by atoms with E-state index in [2.05, 4.69) is 4.98 Å². The van der Waals surface area contributed by atoms with Crippen LogP contribution in [0, 0.1) is 0 Å². The SMILES string of the molecule is Nc1cccc2[nH]c(COc3ccccc3Cl)cc12. The molecule has 1 heterocycles. The van der Waals surface area contributed by atoms with Gasteiger partial charge in [0.2, 0.25) is 0 Å². The Kier molecular flexibility index (Phi) is 3.05.